The first-order valence-electron chi connectivity index (χ1n) is 9.04. The van der Waals surface area contributed by atoms with Crippen LogP contribution >= 0.6 is 15.9 Å². The first-order valence-corrected chi connectivity index (χ1v) is 9.84. The number of benzene rings is 1. The van der Waals surface area contributed by atoms with Gasteiger partial charge in [-0.1, -0.05) is 12.1 Å². The number of aromatic nitrogens is 4. The minimum absolute atomic E-state index is 0.0952. The van der Waals surface area contributed by atoms with E-state index in [0.29, 0.717) is 23.3 Å². The number of rotatable bonds is 7. The van der Waals surface area contributed by atoms with Crippen molar-refractivity contribution >= 4 is 27.8 Å². The summed E-state index contributed by atoms with van der Waals surface area (Å²) in [7, 11) is 1.66. The predicted octanol–water partition coefficient (Wildman–Crippen LogP) is 4.43. The van der Waals surface area contributed by atoms with Crippen molar-refractivity contribution in [3.8, 4) is 5.75 Å². The highest BCUT2D eigenvalue weighted by molar-refractivity contribution is 9.10. The predicted molar refractivity (Wildman–Crippen MR) is 113 cm³/mol. The number of ether oxygens (including phenoxy) is 1. The summed E-state index contributed by atoms with van der Waals surface area (Å²) < 4.78 is 9.82. The Bertz CT molecular complexity index is 1030. The molecule has 0 aliphatic carbocycles. The van der Waals surface area contributed by atoms with Gasteiger partial charge in [0.1, 0.15) is 11.4 Å². The number of carbonyl (C=O) groups excluding carboxylic acids is 1. The Balaban J connectivity index is 1.86. The standard InChI is InChI=1S/C21H23BrN4O2/c1-5-25-21(18(22)12-23-25)19(27)8-6-16-7-9-20(28-4)17(11-16)13-26-15(3)10-14(2)24-26/h6-12H,5,13H2,1-4H3/b8-6+. The third-order valence-corrected chi connectivity index (χ3v) is 5.06. The fraction of sp³-hybridized carbons (Fsp3) is 0.286. The molecule has 0 atom stereocenters. The third kappa shape index (κ3) is 4.25. The minimum atomic E-state index is -0.0952. The quantitative estimate of drug-likeness (QED) is 0.400. The zero-order chi connectivity index (χ0) is 20.3. The summed E-state index contributed by atoms with van der Waals surface area (Å²) in [5.41, 5.74) is 4.55. The molecule has 0 saturated heterocycles. The maximum Gasteiger partial charge on any atom is 0.205 e. The van der Waals surface area contributed by atoms with Gasteiger partial charge in [0.2, 0.25) is 5.78 Å². The van der Waals surface area contributed by atoms with Gasteiger partial charge in [-0.2, -0.15) is 10.2 Å². The van der Waals surface area contributed by atoms with E-state index < -0.39 is 0 Å². The number of carbonyl (C=O) groups is 1. The lowest BCUT2D eigenvalue weighted by molar-refractivity contribution is 0.103. The molecule has 2 heterocycles. The van der Waals surface area contributed by atoms with Crippen molar-refractivity contribution in [3.63, 3.8) is 0 Å². The van der Waals surface area contributed by atoms with Crippen LogP contribution < -0.4 is 4.74 Å². The number of hydrogen-bond donors (Lipinski definition) is 0. The zero-order valence-electron chi connectivity index (χ0n) is 16.4. The second-order valence-corrected chi connectivity index (χ2v) is 7.36. The van der Waals surface area contributed by atoms with Crippen LogP contribution in [0.1, 0.15) is 39.9 Å². The smallest absolute Gasteiger partial charge is 0.205 e. The third-order valence-electron chi connectivity index (χ3n) is 4.48. The summed E-state index contributed by atoms with van der Waals surface area (Å²) in [5.74, 6) is 0.699. The average molecular weight is 443 g/mol. The second kappa shape index (κ2) is 8.56. The summed E-state index contributed by atoms with van der Waals surface area (Å²) >= 11 is 3.40. The largest absolute Gasteiger partial charge is 0.496 e. The van der Waals surface area contributed by atoms with Crippen molar-refractivity contribution in [1.82, 2.24) is 19.6 Å². The van der Waals surface area contributed by atoms with Crippen LogP contribution in [0.4, 0.5) is 0 Å². The van der Waals surface area contributed by atoms with E-state index in [9.17, 15) is 4.79 Å². The summed E-state index contributed by atoms with van der Waals surface area (Å²) in [6.07, 6.45) is 5.03. The van der Waals surface area contributed by atoms with Crippen molar-refractivity contribution in [1.29, 1.82) is 0 Å². The Hall–Kier alpha value is -2.67. The van der Waals surface area contributed by atoms with E-state index >= 15 is 0 Å². The van der Waals surface area contributed by atoms with Crippen LogP contribution in [0.25, 0.3) is 6.08 Å². The lowest BCUT2D eigenvalue weighted by Crippen LogP contribution is -2.08. The molecule has 2 aromatic heterocycles. The molecule has 146 valence electrons. The molecule has 7 heteroatoms. The van der Waals surface area contributed by atoms with Gasteiger partial charge in [-0.05, 0) is 66.5 Å². The fourth-order valence-electron chi connectivity index (χ4n) is 3.12. The molecule has 0 saturated carbocycles. The molecule has 0 amide bonds. The number of hydrogen-bond acceptors (Lipinski definition) is 4. The molecule has 1 aromatic carbocycles. The van der Waals surface area contributed by atoms with Crippen LogP contribution in [0.2, 0.25) is 0 Å². The van der Waals surface area contributed by atoms with Crippen LogP contribution in [0.3, 0.4) is 0 Å². The van der Waals surface area contributed by atoms with Gasteiger partial charge in [-0.25, -0.2) is 0 Å². The molecule has 0 aliphatic heterocycles. The van der Waals surface area contributed by atoms with Gasteiger partial charge in [-0.3, -0.25) is 14.2 Å². The number of ketones is 1. The van der Waals surface area contributed by atoms with Gasteiger partial charge in [0, 0.05) is 17.8 Å². The molecule has 0 fully saturated rings. The monoisotopic (exact) mass is 442 g/mol. The van der Waals surface area contributed by atoms with Gasteiger partial charge in [0.15, 0.2) is 0 Å². The van der Waals surface area contributed by atoms with Crippen LogP contribution in [0, 0.1) is 13.8 Å². The molecule has 0 bridgehead atoms. The SMILES string of the molecule is CCn1ncc(Br)c1C(=O)/C=C/c1ccc(OC)c(Cn2nc(C)cc2C)c1. The van der Waals surface area contributed by atoms with Crippen molar-refractivity contribution in [3.05, 3.63) is 69.2 Å². The first kappa shape index (κ1) is 20.1. The van der Waals surface area contributed by atoms with Crippen molar-refractivity contribution in [2.45, 2.75) is 33.9 Å². The van der Waals surface area contributed by atoms with Crippen LogP contribution in [0.5, 0.6) is 5.75 Å². The van der Waals surface area contributed by atoms with Gasteiger partial charge < -0.3 is 4.74 Å². The minimum Gasteiger partial charge on any atom is -0.496 e. The molecule has 3 aromatic rings. The topological polar surface area (TPSA) is 61.9 Å². The lowest BCUT2D eigenvalue weighted by Gasteiger charge is -2.11. The van der Waals surface area contributed by atoms with E-state index in [0.717, 1.165) is 28.3 Å². The zero-order valence-corrected chi connectivity index (χ0v) is 18.0. The first-order chi connectivity index (χ1) is 13.4. The number of nitrogens with zero attached hydrogens (tertiary/aromatic N) is 4. The number of methoxy groups -OCH3 is 1. The molecule has 0 unspecified atom stereocenters. The molecule has 0 spiro atoms. The molecule has 28 heavy (non-hydrogen) atoms. The van der Waals surface area contributed by atoms with Gasteiger partial charge in [0.05, 0.1) is 30.0 Å². The Labute approximate surface area is 172 Å². The molecule has 0 radical (unpaired) electrons. The average Bonchev–Trinajstić information content (AvgIpc) is 3.21. The Kier molecular flexibility index (Phi) is 6.14. The molecule has 0 aliphatic rings. The lowest BCUT2D eigenvalue weighted by atomic mass is 10.1. The number of allylic oxidation sites excluding steroid dienone is 1. The molecule has 0 N–H and O–H groups in total. The van der Waals surface area contributed by atoms with Gasteiger partial charge in [-0.15, -0.1) is 0 Å². The van der Waals surface area contributed by atoms with E-state index in [1.165, 1.54) is 0 Å². The maximum atomic E-state index is 12.6. The van der Waals surface area contributed by atoms with Crippen molar-refractivity contribution in [2.75, 3.05) is 7.11 Å². The molecular formula is C21H23BrN4O2. The highest BCUT2D eigenvalue weighted by Gasteiger charge is 2.14. The Morgan fingerprint density at radius 3 is 2.68 bits per heavy atom. The Morgan fingerprint density at radius 1 is 1.25 bits per heavy atom. The second-order valence-electron chi connectivity index (χ2n) is 6.51. The summed E-state index contributed by atoms with van der Waals surface area (Å²) in [5, 5.41) is 8.71. The highest BCUT2D eigenvalue weighted by Crippen LogP contribution is 2.23. The molecule has 3 rings (SSSR count). The highest BCUT2D eigenvalue weighted by atomic mass is 79.9. The van der Waals surface area contributed by atoms with Crippen LogP contribution in [-0.4, -0.2) is 32.5 Å². The summed E-state index contributed by atoms with van der Waals surface area (Å²) in [6, 6.07) is 7.91. The van der Waals surface area contributed by atoms with E-state index in [4.69, 9.17) is 4.74 Å². The summed E-state index contributed by atoms with van der Waals surface area (Å²) in [4.78, 5) is 12.6. The number of aryl methyl sites for hydroxylation is 3. The maximum absolute atomic E-state index is 12.6. The van der Waals surface area contributed by atoms with Crippen molar-refractivity contribution < 1.29 is 9.53 Å². The van der Waals surface area contributed by atoms with Gasteiger partial charge >= 0.3 is 0 Å². The summed E-state index contributed by atoms with van der Waals surface area (Å²) in [6.45, 7) is 7.20. The van der Waals surface area contributed by atoms with E-state index in [1.807, 2.05) is 55.8 Å². The van der Waals surface area contributed by atoms with E-state index in [2.05, 4.69) is 26.1 Å². The molecule has 6 nitrogen and oxygen atoms in total. The number of halogens is 1. The molecular weight excluding hydrogens is 420 g/mol. The fourth-order valence-corrected chi connectivity index (χ4v) is 3.61. The van der Waals surface area contributed by atoms with Crippen molar-refractivity contribution in [2.24, 2.45) is 0 Å². The van der Waals surface area contributed by atoms with E-state index in [-0.39, 0.29) is 5.78 Å². The van der Waals surface area contributed by atoms with Gasteiger partial charge in [0.25, 0.3) is 0 Å². The van der Waals surface area contributed by atoms with E-state index in [1.54, 1.807) is 24.1 Å². The Morgan fingerprint density at radius 2 is 2.04 bits per heavy atom. The normalized spacial score (nSPS) is 11.3. The van der Waals surface area contributed by atoms with Crippen LogP contribution in [0.15, 0.2) is 41.0 Å². The van der Waals surface area contributed by atoms with Crippen LogP contribution in [-0.2, 0) is 13.1 Å².